The van der Waals surface area contributed by atoms with Crippen LogP contribution in [0, 0.1) is 5.82 Å². The van der Waals surface area contributed by atoms with E-state index in [0.717, 1.165) is 43.0 Å². The lowest BCUT2D eigenvalue weighted by Gasteiger charge is -2.36. The maximum atomic E-state index is 14.0. The summed E-state index contributed by atoms with van der Waals surface area (Å²) < 4.78 is 20.3. The first-order chi connectivity index (χ1) is 26.5. The third-order valence-electron chi connectivity index (χ3n) is 10.8. The van der Waals surface area contributed by atoms with E-state index in [4.69, 9.17) is 27.8 Å². The monoisotopic (exact) mass is 773 g/mol. The van der Waals surface area contributed by atoms with Crippen molar-refractivity contribution in [3.05, 3.63) is 99.3 Å². The summed E-state index contributed by atoms with van der Waals surface area (Å²) in [6.45, 7) is 7.43. The number of para-hydroxylation sites is 1. The van der Waals surface area contributed by atoms with Crippen molar-refractivity contribution >= 4 is 41.2 Å². The molecule has 0 spiro atoms. The number of carbonyl (C=O) groups excluding carboxylic acids is 3. The Labute approximate surface area is 323 Å². The standard InChI is InChI=1S/C39H45ClFN9O5/c1-23(5-8-35(52)46-22-51)49-20-25-6-7-26(15-30(25)39(49)54)48-11-9-47(10-12-48)19-24-13-31(40)38(45-17-24)55-28-14-27-18-44-37(43)34(50(27)21-28)16-33(42)29-3-2-4-32(41)36(29)53/h2-4,6-7,13,15-17,22-23,27-28,44,53H,5,8-12,14,18-21,42-43H2,1H3,(H,46,51,52)/b33-16-. The van der Waals surface area contributed by atoms with Crippen molar-refractivity contribution in [3.63, 3.8) is 0 Å². The van der Waals surface area contributed by atoms with Gasteiger partial charge in [0.1, 0.15) is 16.9 Å². The fourth-order valence-electron chi connectivity index (χ4n) is 7.77. The number of benzene rings is 2. The van der Waals surface area contributed by atoms with Gasteiger partial charge in [0.05, 0.1) is 18.3 Å². The minimum Gasteiger partial charge on any atom is -0.504 e. The smallest absolute Gasteiger partial charge is 0.254 e. The molecule has 4 aliphatic rings. The summed E-state index contributed by atoms with van der Waals surface area (Å²) in [5.41, 5.74) is 17.3. The van der Waals surface area contributed by atoms with Crippen LogP contribution in [0.2, 0.25) is 5.02 Å². The Morgan fingerprint density at radius 3 is 2.78 bits per heavy atom. The predicted molar refractivity (Wildman–Crippen MR) is 205 cm³/mol. The molecule has 7 rings (SSSR count). The highest BCUT2D eigenvalue weighted by molar-refractivity contribution is 6.31. The molecule has 0 saturated carbocycles. The van der Waals surface area contributed by atoms with Crippen LogP contribution in [-0.4, -0.2) is 100 Å². The van der Waals surface area contributed by atoms with Crippen molar-refractivity contribution in [3.8, 4) is 11.6 Å². The summed E-state index contributed by atoms with van der Waals surface area (Å²) in [7, 11) is 0. The van der Waals surface area contributed by atoms with Gasteiger partial charge in [-0.25, -0.2) is 9.37 Å². The molecule has 7 N–H and O–H groups in total. The fraction of sp³-hybridized carbons (Fsp3) is 0.385. The number of phenols is 1. The van der Waals surface area contributed by atoms with Gasteiger partial charge < -0.3 is 41.3 Å². The first kappa shape index (κ1) is 37.8. The number of piperazine rings is 1. The lowest BCUT2D eigenvalue weighted by Crippen LogP contribution is -2.46. The largest absolute Gasteiger partial charge is 0.504 e. The second kappa shape index (κ2) is 16.1. The van der Waals surface area contributed by atoms with E-state index >= 15 is 0 Å². The van der Waals surface area contributed by atoms with Crippen molar-refractivity contribution < 1.29 is 28.6 Å². The van der Waals surface area contributed by atoms with Gasteiger partial charge in [-0.05, 0) is 60.9 Å². The van der Waals surface area contributed by atoms with Gasteiger partial charge >= 0.3 is 0 Å². The number of rotatable bonds is 12. The van der Waals surface area contributed by atoms with Gasteiger partial charge in [-0.15, -0.1) is 0 Å². The van der Waals surface area contributed by atoms with Crippen molar-refractivity contribution in [2.24, 2.45) is 11.5 Å². The number of allylic oxidation sites excluding steroid dienone is 1. The topological polar surface area (TPSA) is 183 Å². The maximum Gasteiger partial charge on any atom is 0.254 e. The molecule has 2 saturated heterocycles. The van der Waals surface area contributed by atoms with E-state index in [1.165, 1.54) is 12.1 Å². The second-order valence-electron chi connectivity index (χ2n) is 14.4. The zero-order chi connectivity index (χ0) is 38.8. The van der Waals surface area contributed by atoms with Crippen LogP contribution < -0.4 is 31.7 Å². The quantitative estimate of drug-likeness (QED) is 0.170. The summed E-state index contributed by atoms with van der Waals surface area (Å²) >= 11 is 6.72. The van der Waals surface area contributed by atoms with Crippen molar-refractivity contribution in [2.45, 2.75) is 57.5 Å². The Balaban J connectivity index is 0.912. The lowest BCUT2D eigenvalue weighted by molar-refractivity contribution is -0.125. The second-order valence-corrected chi connectivity index (χ2v) is 14.8. The number of amides is 3. The van der Waals surface area contributed by atoms with Crippen LogP contribution >= 0.6 is 11.6 Å². The number of hydrogen-bond donors (Lipinski definition) is 5. The Morgan fingerprint density at radius 2 is 2.02 bits per heavy atom. The van der Waals surface area contributed by atoms with E-state index in [9.17, 15) is 23.9 Å². The van der Waals surface area contributed by atoms with E-state index in [1.54, 1.807) is 23.2 Å². The fourth-order valence-corrected chi connectivity index (χ4v) is 8.00. The third kappa shape index (κ3) is 8.13. The van der Waals surface area contributed by atoms with Gasteiger partial charge in [0, 0.05) is 93.4 Å². The van der Waals surface area contributed by atoms with E-state index in [2.05, 4.69) is 36.4 Å². The molecule has 3 unspecified atom stereocenters. The van der Waals surface area contributed by atoms with Gasteiger partial charge in [0.25, 0.3) is 5.91 Å². The number of hydrogen-bond acceptors (Lipinski definition) is 12. The zero-order valence-corrected chi connectivity index (χ0v) is 31.3. The zero-order valence-electron chi connectivity index (χ0n) is 30.5. The molecule has 55 heavy (non-hydrogen) atoms. The molecule has 3 aromatic rings. The number of ether oxygens (including phenoxy) is 1. The molecule has 4 aliphatic heterocycles. The van der Waals surface area contributed by atoms with Crippen molar-refractivity contribution in [2.75, 3.05) is 44.2 Å². The number of aromatic nitrogens is 1. The Morgan fingerprint density at radius 1 is 1.22 bits per heavy atom. The number of fused-ring (bicyclic) bond motifs is 2. The first-order valence-corrected chi connectivity index (χ1v) is 18.8. The third-order valence-corrected chi connectivity index (χ3v) is 11.1. The average Bonchev–Trinajstić information content (AvgIpc) is 3.74. The highest BCUT2D eigenvalue weighted by Crippen LogP contribution is 2.34. The van der Waals surface area contributed by atoms with Crippen LogP contribution in [0.25, 0.3) is 5.70 Å². The van der Waals surface area contributed by atoms with Gasteiger partial charge in [-0.1, -0.05) is 23.7 Å². The number of phenolic OH excluding ortho intramolecular Hbond substituents is 1. The number of carbonyl (C=O) groups is 3. The Bertz CT molecular complexity index is 2040. The van der Waals surface area contributed by atoms with E-state index in [-0.39, 0.29) is 47.7 Å². The van der Waals surface area contributed by atoms with Crippen LogP contribution in [-0.2, 0) is 22.7 Å². The first-order valence-electron chi connectivity index (χ1n) is 18.4. The number of anilines is 1. The normalized spacial score (nSPS) is 20.6. The molecule has 2 aromatic carbocycles. The number of pyridine rings is 1. The van der Waals surface area contributed by atoms with Crippen molar-refractivity contribution in [1.82, 2.24) is 30.3 Å². The van der Waals surface area contributed by atoms with Crippen LogP contribution in [0.1, 0.15) is 53.2 Å². The Kier molecular flexibility index (Phi) is 11.0. The number of nitrogens with one attached hydrogen (secondary N) is 2. The van der Waals surface area contributed by atoms with E-state index in [1.807, 2.05) is 25.1 Å². The van der Waals surface area contributed by atoms with Gasteiger partial charge in [0.15, 0.2) is 11.6 Å². The Hall–Kier alpha value is -5.54. The molecule has 0 aliphatic carbocycles. The SMILES string of the molecule is CC(CCC(=O)NC=O)N1Cc2ccc(N3CCN(Cc4cnc(OC5CC6CNC(N)=C(/C=C(\N)c7cccc(F)c7O)N6C5)c(Cl)c4)CC3)cc2C1=O. The van der Waals surface area contributed by atoms with Crippen LogP contribution in [0.3, 0.4) is 0 Å². The molecule has 0 radical (unpaired) electrons. The molecule has 290 valence electrons. The molecular formula is C39H45ClFN9O5. The van der Waals surface area contributed by atoms with E-state index in [0.29, 0.717) is 73.4 Å². The minimum atomic E-state index is -0.756. The minimum absolute atomic E-state index is 0.0375. The summed E-state index contributed by atoms with van der Waals surface area (Å²) in [5, 5.41) is 16.0. The number of halogens is 2. The maximum absolute atomic E-state index is 14.0. The predicted octanol–water partition coefficient (Wildman–Crippen LogP) is 2.85. The number of nitrogens with two attached hydrogens (primary N) is 2. The summed E-state index contributed by atoms with van der Waals surface area (Å²) in [4.78, 5) is 48.7. The molecule has 2 fully saturated rings. The van der Waals surface area contributed by atoms with Crippen LogP contribution in [0.15, 0.2) is 66.3 Å². The van der Waals surface area contributed by atoms with Crippen molar-refractivity contribution in [1.29, 1.82) is 0 Å². The molecular weight excluding hydrogens is 729 g/mol. The molecule has 14 nitrogen and oxygen atoms in total. The van der Waals surface area contributed by atoms with E-state index < -0.39 is 11.6 Å². The number of imide groups is 1. The van der Waals surface area contributed by atoms with Crippen LogP contribution in [0.4, 0.5) is 10.1 Å². The van der Waals surface area contributed by atoms with Gasteiger partial charge in [0.2, 0.25) is 18.2 Å². The van der Waals surface area contributed by atoms with Gasteiger partial charge in [-0.3, -0.25) is 24.6 Å². The molecule has 16 heteroatoms. The summed E-state index contributed by atoms with van der Waals surface area (Å²) in [6, 6.07) is 12.1. The molecule has 1 aromatic heterocycles. The highest BCUT2D eigenvalue weighted by Gasteiger charge is 2.38. The van der Waals surface area contributed by atoms with Gasteiger partial charge in [-0.2, -0.15) is 0 Å². The number of aromatic hydroxyl groups is 1. The average molecular weight is 774 g/mol. The molecule has 3 amide bonds. The number of nitrogens with zero attached hydrogens (tertiary/aromatic N) is 5. The summed E-state index contributed by atoms with van der Waals surface area (Å²) in [6.07, 6.45) is 4.92. The molecule has 3 atom stereocenters. The molecule has 5 heterocycles. The lowest BCUT2D eigenvalue weighted by atomic mass is 10.1. The van der Waals surface area contributed by atoms with Crippen LogP contribution in [0.5, 0.6) is 11.6 Å². The highest BCUT2D eigenvalue weighted by atomic mass is 35.5. The molecule has 0 bridgehead atoms. The summed E-state index contributed by atoms with van der Waals surface area (Å²) in [5.74, 6) is -0.879.